The standard InChI is InChI=1S/C12H16N6/c1-8-5-13-9(2)12(16-8)17-10-3-4-11-14-7-15-18(11)6-10/h5,7,10H,3-4,6H2,1-2H3,(H,16,17). The number of nitrogens with one attached hydrogen (secondary N) is 1. The maximum absolute atomic E-state index is 4.49. The first-order valence-electron chi connectivity index (χ1n) is 6.16. The molecule has 1 N–H and O–H groups in total. The third-order valence-electron chi connectivity index (χ3n) is 3.22. The lowest BCUT2D eigenvalue weighted by Crippen LogP contribution is -2.32. The van der Waals surface area contributed by atoms with Crippen LogP contribution < -0.4 is 5.32 Å². The van der Waals surface area contributed by atoms with Crippen molar-refractivity contribution in [1.29, 1.82) is 0 Å². The molecule has 0 radical (unpaired) electrons. The van der Waals surface area contributed by atoms with E-state index in [1.807, 2.05) is 18.5 Å². The zero-order valence-corrected chi connectivity index (χ0v) is 10.6. The molecule has 1 aliphatic rings. The Hall–Kier alpha value is -1.98. The molecule has 3 heterocycles. The number of rotatable bonds is 2. The van der Waals surface area contributed by atoms with Gasteiger partial charge < -0.3 is 5.32 Å². The van der Waals surface area contributed by atoms with Crippen molar-refractivity contribution in [1.82, 2.24) is 24.7 Å². The fourth-order valence-corrected chi connectivity index (χ4v) is 2.22. The van der Waals surface area contributed by atoms with E-state index < -0.39 is 0 Å². The molecule has 2 aromatic rings. The normalized spacial score (nSPS) is 18.4. The molecule has 94 valence electrons. The second-order valence-electron chi connectivity index (χ2n) is 4.68. The minimum atomic E-state index is 0.342. The van der Waals surface area contributed by atoms with Crippen LogP contribution >= 0.6 is 0 Å². The molecule has 0 aliphatic carbocycles. The van der Waals surface area contributed by atoms with Crippen LogP contribution in [-0.2, 0) is 13.0 Å². The lowest BCUT2D eigenvalue weighted by Gasteiger charge is -2.24. The van der Waals surface area contributed by atoms with Crippen molar-refractivity contribution in [3.05, 3.63) is 29.7 Å². The number of fused-ring (bicyclic) bond motifs is 1. The van der Waals surface area contributed by atoms with Crippen LogP contribution in [0.4, 0.5) is 5.82 Å². The second kappa shape index (κ2) is 4.36. The van der Waals surface area contributed by atoms with Gasteiger partial charge in [0.15, 0.2) is 0 Å². The third-order valence-corrected chi connectivity index (χ3v) is 3.22. The van der Waals surface area contributed by atoms with Crippen molar-refractivity contribution in [3.63, 3.8) is 0 Å². The van der Waals surface area contributed by atoms with Gasteiger partial charge in [0.25, 0.3) is 0 Å². The molecule has 1 aliphatic heterocycles. The molecule has 0 spiro atoms. The summed E-state index contributed by atoms with van der Waals surface area (Å²) in [6, 6.07) is 0.342. The molecule has 1 atom stereocenters. The van der Waals surface area contributed by atoms with Crippen LogP contribution in [0, 0.1) is 13.8 Å². The van der Waals surface area contributed by atoms with Crippen LogP contribution in [0.5, 0.6) is 0 Å². The minimum Gasteiger partial charge on any atom is -0.364 e. The van der Waals surface area contributed by atoms with Gasteiger partial charge in [0.05, 0.1) is 17.9 Å². The molecule has 6 heteroatoms. The average molecular weight is 244 g/mol. The highest BCUT2D eigenvalue weighted by molar-refractivity contribution is 5.40. The summed E-state index contributed by atoms with van der Waals surface area (Å²) in [5.74, 6) is 1.95. The predicted octanol–water partition coefficient (Wildman–Crippen LogP) is 1.11. The average Bonchev–Trinajstić information content (AvgIpc) is 2.81. The van der Waals surface area contributed by atoms with Crippen molar-refractivity contribution in [2.45, 2.75) is 39.3 Å². The van der Waals surface area contributed by atoms with Crippen LogP contribution in [0.25, 0.3) is 0 Å². The molecule has 1 unspecified atom stereocenters. The Bertz CT molecular complexity index is 561. The van der Waals surface area contributed by atoms with Gasteiger partial charge in [-0.2, -0.15) is 5.10 Å². The Morgan fingerprint density at radius 3 is 3.11 bits per heavy atom. The van der Waals surface area contributed by atoms with E-state index in [1.54, 1.807) is 12.5 Å². The van der Waals surface area contributed by atoms with E-state index in [1.165, 1.54) is 0 Å². The topological polar surface area (TPSA) is 68.5 Å². The molecular weight excluding hydrogens is 228 g/mol. The summed E-state index contributed by atoms with van der Waals surface area (Å²) in [6.07, 6.45) is 5.41. The molecule has 0 amide bonds. The molecule has 2 aromatic heterocycles. The summed E-state index contributed by atoms with van der Waals surface area (Å²) < 4.78 is 1.96. The van der Waals surface area contributed by atoms with E-state index in [2.05, 4.69) is 25.4 Å². The Labute approximate surface area is 105 Å². The number of hydrogen-bond donors (Lipinski definition) is 1. The highest BCUT2D eigenvalue weighted by Crippen LogP contribution is 2.17. The van der Waals surface area contributed by atoms with Gasteiger partial charge >= 0.3 is 0 Å². The third kappa shape index (κ3) is 2.05. The SMILES string of the molecule is Cc1cnc(C)c(NC2CCc3ncnn3C2)n1. The summed E-state index contributed by atoms with van der Waals surface area (Å²) in [4.78, 5) is 13.0. The molecule has 0 bridgehead atoms. The zero-order chi connectivity index (χ0) is 12.5. The summed E-state index contributed by atoms with van der Waals surface area (Å²) in [5, 5.41) is 7.68. The van der Waals surface area contributed by atoms with E-state index in [9.17, 15) is 0 Å². The molecule has 0 aromatic carbocycles. The highest BCUT2D eigenvalue weighted by atomic mass is 15.3. The van der Waals surface area contributed by atoms with Gasteiger partial charge in [-0.1, -0.05) is 0 Å². The molecule has 3 rings (SSSR count). The van der Waals surface area contributed by atoms with Crippen LogP contribution in [0.15, 0.2) is 12.5 Å². The number of aromatic nitrogens is 5. The first-order chi connectivity index (χ1) is 8.72. The number of nitrogens with zero attached hydrogens (tertiary/aromatic N) is 5. The fourth-order valence-electron chi connectivity index (χ4n) is 2.22. The maximum Gasteiger partial charge on any atom is 0.148 e. The first kappa shape index (κ1) is 11.1. The lowest BCUT2D eigenvalue weighted by molar-refractivity contribution is 0.440. The number of hydrogen-bond acceptors (Lipinski definition) is 5. The van der Waals surface area contributed by atoms with Crippen molar-refractivity contribution < 1.29 is 0 Å². The molecule has 0 saturated heterocycles. The largest absolute Gasteiger partial charge is 0.364 e. The predicted molar refractivity (Wildman–Crippen MR) is 67.3 cm³/mol. The maximum atomic E-state index is 4.49. The van der Waals surface area contributed by atoms with Gasteiger partial charge in [0, 0.05) is 18.7 Å². The Balaban J connectivity index is 1.76. The quantitative estimate of drug-likeness (QED) is 0.857. The van der Waals surface area contributed by atoms with Crippen LogP contribution in [0.3, 0.4) is 0 Å². The van der Waals surface area contributed by atoms with Crippen LogP contribution in [0.1, 0.15) is 23.6 Å². The van der Waals surface area contributed by atoms with Crippen LogP contribution in [-0.4, -0.2) is 30.8 Å². The summed E-state index contributed by atoms with van der Waals surface area (Å²) >= 11 is 0. The van der Waals surface area contributed by atoms with E-state index >= 15 is 0 Å². The second-order valence-corrected chi connectivity index (χ2v) is 4.68. The lowest BCUT2D eigenvalue weighted by atomic mass is 10.1. The van der Waals surface area contributed by atoms with Gasteiger partial charge in [-0.15, -0.1) is 0 Å². The molecule has 0 saturated carbocycles. The molecular formula is C12H16N6. The van der Waals surface area contributed by atoms with Gasteiger partial charge in [-0.3, -0.25) is 4.98 Å². The van der Waals surface area contributed by atoms with Gasteiger partial charge in [0.1, 0.15) is 18.0 Å². The van der Waals surface area contributed by atoms with Gasteiger partial charge in [0.2, 0.25) is 0 Å². The number of anilines is 1. The molecule has 0 fully saturated rings. The smallest absolute Gasteiger partial charge is 0.148 e. The zero-order valence-electron chi connectivity index (χ0n) is 10.6. The van der Waals surface area contributed by atoms with Gasteiger partial charge in [-0.25, -0.2) is 14.6 Å². The van der Waals surface area contributed by atoms with E-state index in [0.717, 1.165) is 42.4 Å². The summed E-state index contributed by atoms with van der Waals surface area (Å²) in [7, 11) is 0. The first-order valence-corrected chi connectivity index (χ1v) is 6.16. The fraction of sp³-hybridized carbons (Fsp3) is 0.500. The Morgan fingerprint density at radius 2 is 2.22 bits per heavy atom. The highest BCUT2D eigenvalue weighted by Gasteiger charge is 2.20. The van der Waals surface area contributed by atoms with E-state index in [4.69, 9.17) is 0 Å². The minimum absolute atomic E-state index is 0.342. The van der Waals surface area contributed by atoms with E-state index in [-0.39, 0.29) is 0 Å². The van der Waals surface area contributed by atoms with Crippen molar-refractivity contribution in [2.24, 2.45) is 0 Å². The summed E-state index contributed by atoms with van der Waals surface area (Å²) in [6.45, 7) is 4.76. The van der Waals surface area contributed by atoms with E-state index in [0.29, 0.717) is 6.04 Å². The Kier molecular flexibility index (Phi) is 2.70. The van der Waals surface area contributed by atoms with Crippen molar-refractivity contribution in [3.8, 4) is 0 Å². The monoisotopic (exact) mass is 244 g/mol. The number of aryl methyl sites for hydroxylation is 3. The van der Waals surface area contributed by atoms with Crippen molar-refractivity contribution in [2.75, 3.05) is 5.32 Å². The van der Waals surface area contributed by atoms with Crippen LogP contribution in [0.2, 0.25) is 0 Å². The molecule has 18 heavy (non-hydrogen) atoms. The summed E-state index contributed by atoms with van der Waals surface area (Å²) in [5.41, 5.74) is 1.87. The van der Waals surface area contributed by atoms with Crippen molar-refractivity contribution >= 4 is 5.82 Å². The van der Waals surface area contributed by atoms with Gasteiger partial charge in [-0.05, 0) is 20.3 Å². The molecule has 6 nitrogen and oxygen atoms in total. The Morgan fingerprint density at radius 1 is 1.33 bits per heavy atom.